The van der Waals surface area contributed by atoms with E-state index in [1.165, 1.54) is 14.1 Å². The van der Waals surface area contributed by atoms with Crippen LogP contribution < -0.4 is 0 Å². The number of urea groups is 1. The molecule has 1 atom stereocenters. The SMILES string of the molecule is CN1C(=O)C(C2CCCC(=O)C2)C(=O)N(C)C1=O. The van der Waals surface area contributed by atoms with Gasteiger partial charge in [0.05, 0.1) is 0 Å². The molecule has 1 aliphatic carbocycles. The predicted octanol–water partition coefficient (Wildman–Crippen LogP) is 0.412. The second-order valence-corrected chi connectivity index (χ2v) is 4.95. The van der Waals surface area contributed by atoms with Crippen LogP contribution in [0.15, 0.2) is 0 Å². The molecule has 98 valence electrons. The maximum absolute atomic E-state index is 12.0. The van der Waals surface area contributed by atoms with Crippen LogP contribution in [0.25, 0.3) is 0 Å². The fourth-order valence-electron chi connectivity index (χ4n) is 2.68. The van der Waals surface area contributed by atoms with E-state index in [4.69, 9.17) is 0 Å². The molecule has 0 aromatic rings. The lowest BCUT2D eigenvalue weighted by atomic mass is 9.77. The molecule has 0 aromatic heterocycles. The highest BCUT2D eigenvalue weighted by atomic mass is 16.2. The van der Waals surface area contributed by atoms with Crippen LogP contribution in [0, 0.1) is 11.8 Å². The number of carbonyl (C=O) groups excluding carboxylic acids is 4. The Morgan fingerprint density at radius 3 is 2.06 bits per heavy atom. The summed E-state index contributed by atoms with van der Waals surface area (Å²) >= 11 is 0. The molecule has 2 aliphatic rings. The van der Waals surface area contributed by atoms with E-state index in [1.807, 2.05) is 0 Å². The van der Waals surface area contributed by atoms with Gasteiger partial charge in [0.15, 0.2) is 0 Å². The van der Waals surface area contributed by atoms with Gasteiger partial charge in [-0.3, -0.25) is 24.2 Å². The number of rotatable bonds is 1. The van der Waals surface area contributed by atoms with Gasteiger partial charge in [-0.25, -0.2) is 4.79 Å². The summed E-state index contributed by atoms with van der Waals surface area (Å²) in [6.07, 6.45) is 2.18. The van der Waals surface area contributed by atoms with Gasteiger partial charge in [0.2, 0.25) is 11.8 Å². The predicted molar refractivity (Wildman–Crippen MR) is 61.4 cm³/mol. The molecule has 0 radical (unpaired) electrons. The Morgan fingerprint density at radius 2 is 1.56 bits per heavy atom. The van der Waals surface area contributed by atoms with Crippen molar-refractivity contribution in [3.63, 3.8) is 0 Å². The van der Waals surface area contributed by atoms with E-state index < -0.39 is 23.8 Å². The standard InChI is InChI=1S/C12H16N2O4/c1-13-10(16)9(11(17)14(2)12(13)18)7-4-3-5-8(15)6-7/h7,9H,3-6H2,1-2H3. The summed E-state index contributed by atoms with van der Waals surface area (Å²) in [4.78, 5) is 49.0. The number of carbonyl (C=O) groups is 4. The van der Waals surface area contributed by atoms with Gasteiger partial charge >= 0.3 is 6.03 Å². The Kier molecular flexibility index (Phi) is 3.19. The molecule has 4 amide bonds. The molecule has 2 fully saturated rings. The molecule has 1 unspecified atom stereocenters. The molecule has 1 saturated carbocycles. The number of imide groups is 2. The van der Waals surface area contributed by atoms with Gasteiger partial charge in [0.1, 0.15) is 11.7 Å². The van der Waals surface area contributed by atoms with Gasteiger partial charge in [0.25, 0.3) is 0 Å². The summed E-state index contributed by atoms with van der Waals surface area (Å²) in [6.45, 7) is 0. The van der Waals surface area contributed by atoms with Gasteiger partial charge < -0.3 is 0 Å². The summed E-state index contributed by atoms with van der Waals surface area (Å²) in [7, 11) is 2.73. The fourth-order valence-corrected chi connectivity index (χ4v) is 2.68. The number of hydrogen-bond donors (Lipinski definition) is 0. The second-order valence-electron chi connectivity index (χ2n) is 4.95. The van der Waals surface area contributed by atoms with Crippen molar-refractivity contribution in [3.05, 3.63) is 0 Å². The van der Waals surface area contributed by atoms with Crippen LogP contribution in [0.3, 0.4) is 0 Å². The van der Waals surface area contributed by atoms with Crippen molar-refractivity contribution >= 4 is 23.6 Å². The van der Waals surface area contributed by atoms with Crippen molar-refractivity contribution in [2.24, 2.45) is 11.8 Å². The van der Waals surface area contributed by atoms with Crippen LogP contribution in [-0.2, 0) is 14.4 Å². The summed E-state index contributed by atoms with van der Waals surface area (Å²) in [5, 5.41) is 0. The number of barbiturate groups is 1. The van der Waals surface area contributed by atoms with E-state index in [-0.39, 0.29) is 18.1 Å². The number of hydrogen-bond acceptors (Lipinski definition) is 4. The van der Waals surface area contributed by atoms with Gasteiger partial charge in [-0.1, -0.05) is 0 Å². The Bertz CT molecular complexity index is 408. The summed E-state index contributed by atoms with van der Waals surface area (Å²) in [5.41, 5.74) is 0. The smallest absolute Gasteiger partial charge is 0.300 e. The van der Waals surface area contributed by atoms with E-state index in [1.54, 1.807) is 0 Å². The van der Waals surface area contributed by atoms with Crippen LogP contribution in [0.4, 0.5) is 4.79 Å². The molecule has 1 saturated heterocycles. The molecule has 2 rings (SSSR count). The minimum atomic E-state index is -0.873. The highest BCUT2D eigenvalue weighted by Crippen LogP contribution is 2.32. The van der Waals surface area contributed by atoms with Crippen molar-refractivity contribution in [1.82, 2.24) is 9.80 Å². The van der Waals surface area contributed by atoms with Crippen LogP contribution >= 0.6 is 0 Å². The minimum absolute atomic E-state index is 0.0917. The maximum atomic E-state index is 12.0. The average molecular weight is 252 g/mol. The van der Waals surface area contributed by atoms with Crippen LogP contribution in [0.5, 0.6) is 0 Å². The molecule has 6 nitrogen and oxygen atoms in total. The number of amides is 4. The number of ketones is 1. The highest BCUT2D eigenvalue weighted by molar-refractivity contribution is 6.16. The normalized spacial score (nSPS) is 27.1. The van der Waals surface area contributed by atoms with Crippen molar-refractivity contribution in [1.29, 1.82) is 0 Å². The van der Waals surface area contributed by atoms with Gasteiger partial charge in [0, 0.05) is 26.9 Å². The molecular weight excluding hydrogens is 236 g/mol. The third kappa shape index (κ3) is 1.91. The van der Waals surface area contributed by atoms with E-state index in [0.717, 1.165) is 9.80 Å². The van der Waals surface area contributed by atoms with Gasteiger partial charge in [-0.05, 0) is 18.8 Å². The zero-order valence-electron chi connectivity index (χ0n) is 10.5. The first-order valence-electron chi connectivity index (χ1n) is 6.04. The Morgan fingerprint density at radius 1 is 1.00 bits per heavy atom. The van der Waals surface area contributed by atoms with Crippen LogP contribution in [0.2, 0.25) is 0 Å². The third-order valence-corrected chi connectivity index (χ3v) is 3.76. The number of nitrogens with zero attached hydrogens (tertiary/aromatic N) is 2. The zero-order valence-corrected chi connectivity index (χ0v) is 10.5. The second kappa shape index (κ2) is 4.51. The fraction of sp³-hybridized carbons (Fsp3) is 0.667. The quantitative estimate of drug-likeness (QED) is 0.633. The molecule has 0 bridgehead atoms. The molecule has 1 heterocycles. The number of Topliss-reactive ketones (excluding diaryl/α,β-unsaturated/α-hetero) is 1. The minimum Gasteiger partial charge on any atom is -0.300 e. The molecule has 18 heavy (non-hydrogen) atoms. The Hall–Kier alpha value is -1.72. The van der Waals surface area contributed by atoms with Crippen molar-refractivity contribution in [2.45, 2.75) is 25.7 Å². The van der Waals surface area contributed by atoms with Crippen LogP contribution in [-0.4, -0.2) is 47.5 Å². The average Bonchev–Trinajstić information content (AvgIpc) is 2.34. The van der Waals surface area contributed by atoms with Gasteiger partial charge in [-0.15, -0.1) is 0 Å². The molecule has 0 aromatic carbocycles. The highest BCUT2D eigenvalue weighted by Gasteiger charge is 2.47. The summed E-state index contributed by atoms with van der Waals surface area (Å²) < 4.78 is 0. The molecule has 0 N–H and O–H groups in total. The first kappa shape index (κ1) is 12.7. The lowest BCUT2D eigenvalue weighted by Crippen LogP contribution is -2.59. The zero-order chi connectivity index (χ0) is 13.4. The molecule has 6 heteroatoms. The summed E-state index contributed by atoms with van der Waals surface area (Å²) in [6, 6.07) is -0.608. The maximum Gasteiger partial charge on any atom is 0.332 e. The molecule has 1 aliphatic heterocycles. The topological polar surface area (TPSA) is 74.8 Å². The molecule has 0 spiro atoms. The van der Waals surface area contributed by atoms with Crippen molar-refractivity contribution in [2.75, 3.05) is 14.1 Å². The first-order valence-corrected chi connectivity index (χ1v) is 6.04. The first-order chi connectivity index (χ1) is 8.43. The lowest BCUT2D eigenvalue weighted by Gasteiger charge is -2.37. The van der Waals surface area contributed by atoms with Gasteiger partial charge in [-0.2, -0.15) is 0 Å². The van der Waals surface area contributed by atoms with Crippen molar-refractivity contribution < 1.29 is 19.2 Å². The Labute approximate surface area is 105 Å². The lowest BCUT2D eigenvalue weighted by molar-refractivity contribution is -0.151. The van der Waals surface area contributed by atoms with E-state index in [2.05, 4.69) is 0 Å². The largest absolute Gasteiger partial charge is 0.332 e. The monoisotopic (exact) mass is 252 g/mol. The third-order valence-electron chi connectivity index (χ3n) is 3.76. The van der Waals surface area contributed by atoms with E-state index in [0.29, 0.717) is 19.3 Å². The van der Waals surface area contributed by atoms with E-state index >= 15 is 0 Å². The molecular formula is C12H16N2O4. The van der Waals surface area contributed by atoms with Crippen LogP contribution in [0.1, 0.15) is 25.7 Å². The summed E-state index contributed by atoms with van der Waals surface area (Å²) in [5.74, 6) is -2.01. The van der Waals surface area contributed by atoms with E-state index in [9.17, 15) is 19.2 Å². The Balaban J connectivity index is 2.25. The van der Waals surface area contributed by atoms with Crippen molar-refractivity contribution in [3.8, 4) is 0 Å².